The highest BCUT2D eigenvalue weighted by molar-refractivity contribution is 5.85. The number of benzene rings is 1. The van der Waals surface area contributed by atoms with Crippen LogP contribution in [0.2, 0.25) is 0 Å². The highest BCUT2D eigenvalue weighted by atomic mass is 19.4. The summed E-state index contributed by atoms with van der Waals surface area (Å²) in [6.07, 6.45) is -2.48. The van der Waals surface area contributed by atoms with Crippen LogP contribution in [-0.4, -0.2) is 18.2 Å². The summed E-state index contributed by atoms with van der Waals surface area (Å²) in [5, 5.41) is 8.39. The number of alkyl halides is 3. The van der Waals surface area contributed by atoms with Gasteiger partial charge in [-0.1, -0.05) is 6.07 Å². The summed E-state index contributed by atoms with van der Waals surface area (Å²) in [5.74, 6) is -1.52. The van der Waals surface area contributed by atoms with E-state index in [4.69, 9.17) is 5.11 Å². The van der Waals surface area contributed by atoms with Crippen molar-refractivity contribution in [2.75, 3.05) is 7.11 Å². The van der Waals surface area contributed by atoms with Crippen molar-refractivity contribution in [2.24, 2.45) is 0 Å². The maximum atomic E-state index is 12.5. The van der Waals surface area contributed by atoms with Gasteiger partial charge in [0.05, 0.1) is 12.7 Å². The van der Waals surface area contributed by atoms with Gasteiger partial charge in [0.1, 0.15) is 5.75 Å². The predicted octanol–water partition coefficient (Wildman–Crippen LogP) is 2.81. The van der Waals surface area contributed by atoms with Crippen LogP contribution in [0.1, 0.15) is 11.1 Å². The molecule has 0 radical (unpaired) electrons. The number of hydrogen-bond acceptors (Lipinski definition) is 2. The largest absolute Gasteiger partial charge is 0.496 e. The van der Waals surface area contributed by atoms with Gasteiger partial charge in [0, 0.05) is 6.08 Å². The second-order valence-corrected chi connectivity index (χ2v) is 3.13. The monoisotopic (exact) mass is 246 g/mol. The standard InChI is InChI=1S/C11H9F3O3/c1-17-9-6-7(3-5-10(15)16)2-4-8(9)11(12,13)14/h2-6H,1H3,(H,15,16)/b5-3-. The molecule has 3 nitrogen and oxygen atoms in total. The number of rotatable bonds is 3. The molecule has 92 valence electrons. The van der Waals surface area contributed by atoms with Gasteiger partial charge in [0.15, 0.2) is 0 Å². The predicted molar refractivity (Wildman–Crippen MR) is 54.7 cm³/mol. The van der Waals surface area contributed by atoms with Crippen molar-refractivity contribution in [3.8, 4) is 5.75 Å². The summed E-state index contributed by atoms with van der Waals surface area (Å²) in [7, 11) is 1.12. The van der Waals surface area contributed by atoms with Gasteiger partial charge in [-0.2, -0.15) is 13.2 Å². The van der Waals surface area contributed by atoms with Crippen molar-refractivity contribution in [2.45, 2.75) is 6.18 Å². The van der Waals surface area contributed by atoms with Crippen LogP contribution in [0, 0.1) is 0 Å². The second-order valence-electron chi connectivity index (χ2n) is 3.13. The lowest BCUT2D eigenvalue weighted by molar-refractivity contribution is -0.138. The molecule has 0 aliphatic rings. The molecule has 0 atom stereocenters. The first-order valence-electron chi connectivity index (χ1n) is 4.51. The number of carboxylic acids is 1. The van der Waals surface area contributed by atoms with Gasteiger partial charge in [-0.25, -0.2) is 4.79 Å². The van der Waals surface area contributed by atoms with Crippen LogP contribution in [0.25, 0.3) is 6.08 Å². The Bertz CT molecular complexity index is 450. The maximum Gasteiger partial charge on any atom is 0.419 e. The first-order valence-corrected chi connectivity index (χ1v) is 4.51. The van der Waals surface area contributed by atoms with Crippen molar-refractivity contribution in [1.29, 1.82) is 0 Å². The quantitative estimate of drug-likeness (QED) is 0.834. The third kappa shape index (κ3) is 3.51. The van der Waals surface area contributed by atoms with E-state index in [-0.39, 0.29) is 5.75 Å². The van der Waals surface area contributed by atoms with Crippen LogP contribution >= 0.6 is 0 Å². The van der Waals surface area contributed by atoms with Crippen molar-refractivity contribution in [3.05, 3.63) is 35.4 Å². The Hall–Kier alpha value is -1.98. The fourth-order valence-corrected chi connectivity index (χ4v) is 1.21. The second kappa shape index (κ2) is 4.90. The lowest BCUT2D eigenvalue weighted by Crippen LogP contribution is -2.07. The summed E-state index contributed by atoms with van der Waals surface area (Å²) >= 11 is 0. The average Bonchev–Trinajstić information content (AvgIpc) is 2.24. The molecule has 0 fully saturated rings. The summed E-state index contributed by atoms with van der Waals surface area (Å²) in [5.41, 5.74) is -0.579. The summed E-state index contributed by atoms with van der Waals surface area (Å²) in [6.45, 7) is 0. The number of aliphatic carboxylic acids is 1. The van der Waals surface area contributed by atoms with Crippen LogP contribution in [0.3, 0.4) is 0 Å². The highest BCUT2D eigenvalue weighted by Crippen LogP contribution is 2.36. The minimum Gasteiger partial charge on any atom is -0.496 e. The van der Waals surface area contributed by atoms with Gasteiger partial charge in [-0.3, -0.25) is 0 Å². The third-order valence-corrected chi connectivity index (χ3v) is 1.95. The molecule has 0 aromatic heterocycles. The van der Waals surface area contributed by atoms with E-state index >= 15 is 0 Å². The number of carbonyl (C=O) groups is 1. The SMILES string of the molecule is COc1cc(/C=C\C(=O)O)ccc1C(F)(F)F. The Balaban J connectivity index is 3.13. The number of hydrogen-bond donors (Lipinski definition) is 1. The Morgan fingerprint density at radius 3 is 2.53 bits per heavy atom. The first kappa shape index (κ1) is 13.1. The topological polar surface area (TPSA) is 46.5 Å². The Morgan fingerprint density at radius 1 is 1.41 bits per heavy atom. The number of methoxy groups -OCH3 is 1. The van der Waals surface area contributed by atoms with Gasteiger partial charge in [-0.05, 0) is 23.8 Å². The lowest BCUT2D eigenvalue weighted by Gasteiger charge is -2.12. The van der Waals surface area contributed by atoms with Gasteiger partial charge in [0.25, 0.3) is 0 Å². The van der Waals surface area contributed by atoms with Crippen LogP contribution in [-0.2, 0) is 11.0 Å². The molecule has 17 heavy (non-hydrogen) atoms. The van der Waals surface area contributed by atoms with E-state index in [1.807, 2.05) is 0 Å². The summed E-state index contributed by atoms with van der Waals surface area (Å²) in [6, 6.07) is 3.15. The average molecular weight is 246 g/mol. The van der Waals surface area contributed by atoms with E-state index in [1.165, 1.54) is 12.1 Å². The minimum absolute atomic E-state index is 0.317. The normalized spacial score (nSPS) is 11.8. The highest BCUT2D eigenvalue weighted by Gasteiger charge is 2.34. The zero-order valence-electron chi connectivity index (χ0n) is 8.78. The molecule has 0 heterocycles. The molecule has 0 unspecified atom stereocenters. The Kier molecular flexibility index (Phi) is 3.77. The van der Waals surface area contributed by atoms with Crippen molar-refractivity contribution >= 4 is 12.0 Å². The van der Waals surface area contributed by atoms with E-state index in [1.54, 1.807) is 0 Å². The lowest BCUT2D eigenvalue weighted by atomic mass is 10.1. The van der Waals surface area contributed by atoms with E-state index in [9.17, 15) is 18.0 Å². The molecule has 0 spiro atoms. The molecule has 0 aliphatic heterocycles. The van der Waals surface area contributed by atoms with Crippen molar-refractivity contribution < 1.29 is 27.8 Å². The molecule has 1 aromatic carbocycles. The summed E-state index contributed by atoms with van der Waals surface area (Å²) < 4.78 is 42.1. The molecule has 1 aromatic rings. The van der Waals surface area contributed by atoms with Crippen LogP contribution in [0.5, 0.6) is 5.75 Å². The van der Waals surface area contributed by atoms with Gasteiger partial charge >= 0.3 is 12.1 Å². The molecule has 0 aliphatic carbocycles. The summed E-state index contributed by atoms with van der Waals surface area (Å²) in [4.78, 5) is 10.3. The molecule has 1 N–H and O–H groups in total. The third-order valence-electron chi connectivity index (χ3n) is 1.95. The molecule has 1 rings (SSSR count). The van der Waals surface area contributed by atoms with Gasteiger partial charge in [0.2, 0.25) is 0 Å². The van der Waals surface area contributed by atoms with Crippen LogP contribution < -0.4 is 4.74 Å². The van der Waals surface area contributed by atoms with E-state index in [0.29, 0.717) is 5.56 Å². The zero-order chi connectivity index (χ0) is 13.1. The number of ether oxygens (including phenoxy) is 1. The van der Waals surface area contributed by atoms with Crippen molar-refractivity contribution in [1.82, 2.24) is 0 Å². The smallest absolute Gasteiger partial charge is 0.419 e. The van der Waals surface area contributed by atoms with E-state index < -0.39 is 17.7 Å². The molecule has 0 amide bonds. The maximum absolute atomic E-state index is 12.5. The fourth-order valence-electron chi connectivity index (χ4n) is 1.21. The van der Waals surface area contributed by atoms with E-state index in [0.717, 1.165) is 25.3 Å². The molecule has 0 saturated heterocycles. The molecule has 0 bridgehead atoms. The van der Waals surface area contributed by atoms with Crippen LogP contribution in [0.4, 0.5) is 13.2 Å². The first-order chi connectivity index (χ1) is 7.84. The van der Waals surface area contributed by atoms with Crippen LogP contribution in [0.15, 0.2) is 24.3 Å². The molecule has 6 heteroatoms. The minimum atomic E-state index is -4.50. The van der Waals surface area contributed by atoms with Gasteiger partial charge < -0.3 is 9.84 Å². The fraction of sp³-hybridized carbons (Fsp3) is 0.182. The molecular formula is C11H9F3O3. The zero-order valence-corrected chi connectivity index (χ0v) is 8.78. The van der Waals surface area contributed by atoms with E-state index in [2.05, 4.69) is 4.74 Å². The Morgan fingerprint density at radius 2 is 2.06 bits per heavy atom. The molecular weight excluding hydrogens is 237 g/mol. The van der Waals surface area contributed by atoms with Crippen molar-refractivity contribution in [3.63, 3.8) is 0 Å². The number of halogens is 3. The van der Waals surface area contributed by atoms with Gasteiger partial charge in [-0.15, -0.1) is 0 Å². The Labute approximate surface area is 95.1 Å². The number of carboxylic acid groups (broad SMARTS) is 1. The molecule has 0 saturated carbocycles.